The summed E-state index contributed by atoms with van der Waals surface area (Å²) < 4.78 is 50.1. The Morgan fingerprint density at radius 1 is 1.04 bits per heavy atom. The fourth-order valence-electron chi connectivity index (χ4n) is 3.39. The first-order chi connectivity index (χ1) is 13.4. The normalized spacial score (nSPS) is 15.2. The van der Waals surface area contributed by atoms with Crippen molar-refractivity contribution in [3.63, 3.8) is 0 Å². The van der Waals surface area contributed by atoms with E-state index in [9.17, 15) is 13.2 Å². The summed E-state index contributed by atoms with van der Waals surface area (Å²) in [5, 5.41) is 3.51. The summed E-state index contributed by atoms with van der Waals surface area (Å²) in [7, 11) is 2.90. The minimum absolute atomic E-state index is 0.152. The van der Waals surface area contributed by atoms with Gasteiger partial charge in [-0.1, -0.05) is 0 Å². The second kappa shape index (κ2) is 8.81. The molecule has 0 spiro atoms. The fourth-order valence-corrected chi connectivity index (χ4v) is 3.39. The van der Waals surface area contributed by atoms with Crippen LogP contribution in [0.25, 0.3) is 10.9 Å². The Hall–Kier alpha value is -2.29. The monoisotopic (exact) mass is 398 g/mol. The zero-order valence-corrected chi connectivity index (χ0v) is 16.1. The van der Waals surface area contributed by atoms with Gasteiger partial charge in [0.2, 0.25) is 5.82 Å². The number of fused-ring (bicyclic) bond motifs is 1. The number of nitrogens with one attached hydrogen (secondary N) is 1. The molecule has 28 heavy (non-hydrogen) atoms. The number of rotatable bonds is 8. The quantitative estimate of drug-likeness (QED) is 0.680. The molecule has 2 heterocycles. The number of halogens is 3. The lowest BCUT2D eigenvalue weighted by molar-refractivity contribution is -0.144. The zero-order chi connectivity index (χ0) is 20.1. The van der Waals surface area contributed by atoms with Gasteiger partial charge < -0.3 is 19.7 Å². The van der Waals surface area contributed by atoms with E-state index < -0.39 is 12.0 Å². The third-order valence-corrected chi connectivity index (χ3v) is 4.85. The lowest BCUT2D eigenvalue weighted by Crippen LogP contribution is -2.21. The Balaban J connectivity index is 1.79. The number of nitrogens with zero attached hydrogens (tertiary/aromatic N) is 3. The molecule has 3 rings (SSSR count). The summed E-state index contributed by atoms with van der Waals surface area (Å²) in [5.41, 5.74) is 0.152. The number of anilines is 1. The Bertz CT molecular complexity index is 808. The van der Waals surface area contributed by atoms with Gasteiger partial charge in [-0.25, -0.2) is 9.97 Å². The summed E-state index contributed by atoms with van der Waals surface area (Å²) in [4.78, 5) is 9.81. The van der Waals surface area contributed by atoms with Crippen molar-refractivity contribution in [2.75, 3.05) is 45.7 Å². The number of hydrogen-bond acceptors (Lipinski definition) is 6. The van der Waals surface area contributed by atoms with Gasteiger partial charge >= 0.3 is 6.18 Å². The van der Waals surface area contributed by atoms with E-state index in [2.05, 4.69) is 20.2 Å². The SMILES string of the molecule is COc1cc2nc(C(F)(F)F)nc(NCCCCN3CCCC3)c2cc1OC. The number of methoxy groups -OCH3 is 2. The van der Waals surface area contributed by atoms with Crippen LogP contribution in [0, 0.1) is 0 Å². The van der Waals surface area contributed by atoms with Crippen LogP contribution in [0.2, 0.25) is 0 Å². The lowest BCUT2D eigenvalue weighted by atomic mass is 10.2. The van der Waals surface area contributed by atoms with Crippen molar-refractivity contribution in [2.45, 2.75) is 31.9 Å². The summed E-state index contributed by atoms with van der Waals surface area (Å²) in [6.07, 6.45) is -0.309. The van der Waals surface area contributed by atoms with Crippen molar-refractivity contribution >= 4 is 16.7 Å². The van der Waals surface area contributed by atoms with Crippen molar-refractivity contribution in [3.8, 4) is 11.5 Å². The topological polar surface area (TPSA) is 59.5 Å². The van der Waals surface area contributed by atoms with Crippen molar-refractivity contribution < 1.29 is 22.6 Å². The van der Waals surface area contributed by atoms with Gasteiger partial charge in [-0.3, -0.25) is 0 Å². The molecule has 1 N–H and O–H groups in total. The largest absolute Gasteiger partial charge is 0.493 e. The van der Waals surface area contributed by atoms with Gasteiger partial charge in [-0.05, 0) is 51.4 Å². The first-order valence-electron chi connectivity index (χ1n) is 9.39. The summed E-state index contributed by atoms with van der Waals surface area (Å²) in [6, 6.07) is 3.03. The van der Waals surface area contributed by atoms with Crippen LogP contribution in [-0.2, 0) is 6.18 Å². The molecule has 2 aromatic rings. The van der Waals surface area contributed by atoms with Crippen LogP contribution < -0.4 is 14.8 Å². The number of benzene rings is 1. The molecule has 0 unspecified atom stereocenters. The van der Waals surface area contributed by atoms with Gasteiger partial charge in [0.25, 0.3) is 0 Å². The summed E-state index contributed by atoms with van der Waals surface area (Å²) >= 11 is 0. The number of hydrogen-bond donors (Lipinski definition) is 1. The Labute approximate surface area is 162 Å². The van der Waals surface area contributed by atoms with Gasteiger partial charge in [-0.2, -0.15) is 13.2 Å². The smallest absolute Gasteiger partial charge is 0.451 e. The lowest BCUT2D eigenvalue weighted by Gasteiger charge is -2.16. The van der Waals surface area contributed by atoms with Crippen molar-refractivity contribution in [3.05, 3.63) is 18.0 Å². The molecule has 0 radical (unpaired) electrons. The molecule has 6 nitrogen and oxygen atoms in total. The van der Waals surface area contributed by atoms with Crippen LogP contribution in [0.15, 0.2) is 12.1 Å². The average molecular weight is 398 g/mol. The van der Waals surface area contributed by atoms with Gasteiger partial charge in [0, 0.05) is 18.0 Å². The van der Waals surface area contributed by atoms with Crippen LogP contribution in [0.3, 0.4) is 0 Å². The molecule has 0 saturated carbocycles. The molecule has 1 aromatic carbocycles. The van der Waals surface area contributed by atoms with Crippen LogP contribution >= 0.6 is 0 Å². The molecule has 1 aromatic heterocycles. The zero-order valence-electron chi connectivity index (χ0n) is 16.1. The number of unbranched alkanes of at least 4 members (excludes halogenated alkanes) is 1. The molecule has 154 valence electrons. The number of alkyl halides is 3. The molecule has 1 aliphatic heterocycles. The maximum absolute atomic E-state index is 13.2. The molecule has 0 atom stereocenters. The van der Waals surface area contributed by atoms with E-state index in [1.807, 2.05) is 0 Å². The van der Waals surface area contributed by atoms with Crippen LogP contribution in [-0.4, -0.2) is 55.3 Å². The molecule has 1 aliphatic rings. The van der Waals surface area contributed by atoms with Crippen LogP contribution in [0.4, 0.5) is 19.0 Å². The standard InChI is InChI=1S/C19H25F3N4O2/c1-27-15-11-13-14(12-16(15)28-2)24-18(19(20,21)22)25-17(13)23-7-3-4-8-26-9-5-6-10-26/h11-12H,3-10H2,1-2H3,(H,23,24,25). The first kappa shape index (κ1) is 20.4. The van der Waals surface area contributed by atoms with Gasteiger partial charge in [-0.15, -0.1) is 0 Å². The highest BCUT2D eigenvalue weighted by Crippen LogP contribution is 2.36. The molecular weight excluding hydrogens is 373 g/mol. The Morgan fingerprint density at radius 3 is 2.36 bits per heavy atom. The highest BCUT2D eigenvalue weighted by Gasteiger charge is 2.35. The van der Waals surface area contributed by atoms with Gasteiger partial charge in [0.15, 0.2) is 11.5 Å². The van der Waals surface area contributed by atoms with Crippen molar-refractivity contribution in [1.29, 1.82) is 0 Å². The molecule has 1 fully saturated rings. The van der Waals surface area contributed by atoms with Gasteiger partial charge in [0.1, 0.15) is 5.82 Å². The number of likely N-dealkylation sites (tertiary alicyclic amines) is 1. The maximum atomic E-state index is 13.2. The minimum atomic E-state index is -4.63. The molecule has 0 bridgehead atoms. The van der Waals surface area contributed by atoms with E-state index in [0.717, 1.165) is 32.5 Å². The first-order valence-corrected chi connectivity index (χ1v) is 9.39. The Kier molecular flexibility index (Phi) is 6.43. The second-order valence-corrected chi connectivity index (χ2v) is 6.80. The number of ether oxygens (including phenoxy) is 2. The molecule has 0 aliphatic carbocycles. The predicted octanol–water partition coefficient (Wildman–Crippen LogP) is 3.95. The highest BCUT2D eigenvalue weighted by atomic mass is 19.4. The van der Waals surface area contributed by atoms with Crippen LogP contribution in [0.5, 0.6) is 11.5 Å². The number of aromatic nitrogens is 2. The summed E-state index contributed by atoms with van der Waals surface area (Å²) in [6.45, 7) is 3.83. The fraction of sp³-hybridized carbons (Fsp3) is 0.579. The predicted molar refractivity (Wildman–Crippen MR) is 101 cm³/mol. The highest BCUT2D eigenvalue weighted by molar-refractivity contribution is 5.91. The second-order valence-electron chi connectivity index (χ2n) is 6.80. The molecule has 1 saturated heterocycles. The summed E-state index contributed by atoms with van der Waals surface area (Å²) in [5.74, 6) is -0.292. The minimum Gasteiger partial charge on any atom is -0.493 e. The van der Waals surface area contributed by atoms with E-state index in [1.54, 1.807) is 6.07 Å². The molecule has 0 amide bonds. The third-order valence-electron chi connectivity index (χ3n) is 4.85. The average Bonchev–Trinajstić information content (AvgIpc) is 3.19. The van der Waals surface area contributed by atoms with Crippen LogP contribution in [0.1, 0.15) is 31.5 Å². The molecule has 9 heteroatoms. The van der Waals surface area contributed by atoms with E-state index >= 15 is 0 Å². The van der Waals surface area contributed by atoms with E-state index in [-0.39, 0.29) is 11.3 Å². The van der Waals surface area contributed by atoms with E-state index in [1.165, 1.54) is 33.1 Å². The van der Waals surface area contributed by atoms with E-state index in [4.69, 9.17) is 9.47 Å². The maximum Gasteiger partial charge on any atom is 0.451 e. The van der Waals surface area contributed by atoms with Crippen molar-refractivity contribution in [2.24, 2.45) is 0 Å². The Morgan fingerprint density at radius 2 is 1.71 bits per heavy atom. The molecular formula is C19H25F3N4O2. The van der Waals surface area contributed by atoms with Crippen molar-refractivity contribution in [1.82, 2.24) is 14.9 Å². The third kappa shape index (κ3) is 4.76. The van der Waals surface area contributed by atoms with Gasteiger partial charge in [0.05, 0.1) is 19.7 Å². The van der Waals surface area contributed by atoms with E-state index in [0.29, 0.717) is 23.4 Å².